The summed E-state index contributed by atoms with van der Waals surface area (Å²) < 4.78 is 0. The maximum absolute atomic E-state index is 12.7. The summed E-state index contributed by atoms with van der Waals surface area (Å²) in [6, 6.07) is 16.4. The van der Waals surface area contributed by atoms with Crippen LogP contribution in [0.4, 0.5) is 11.5 Å². The quantitative estimate of drug-likeness (QED) is 0.417. The molecule has 2 heterocycles. The summed E-state index contributed by atoms with van der Waals surface area (Å²) >= 11 is 1.56. The monoisotopic (exact) mass is 428 g/mol. The summed E-state index contributed by atoms with van der Waals surface area (Å²) in [5, 5.41) is 14.4. The molecule has 2 aromatic carbocycles. The number of aromatic hydroxyl groups is 1. The first kappa shape index (κ1) is 19.3. The summed E-state index contributed by atoms with van der Waals surface area (Å²) in [5.41, 5.74) is 12.1. The van der Waals surface area contributed by atoms with Crippen LogP contribution in [0.1, 0.15) is 16.8 Å². The topological polar surface area (TPSA) is 101 Å². The third kappa shape index (κ3) is 3.87. The van der Waals surface area contributed by atoms with Gasteiger partial charge in [-0.1, -0.05) is 24.3 Å². The Kier molecular flexibility index (Phi) is 4.88. The second kappa shape index (κ2) is 7.85. The molecule has 0 saturated heterocycles. The number of benzene rings is 2. The fourth-order valence-electron chi connectivity index (χ4n) is 3.81. The summed E-state index contributed by atoms with van der Waals surface area (Å²) in [4.78, 5) is 23.5. The van der Waals surface area contributed by atoms with Gasteiger partial charge in [0, 0.05) is 11.3 Å². The fourth-order valence-corrected chi connectivity index (χ4v) is 4.53. The van der Waals surface area contributed by atoms with Gasteiger partial charge in [-0.15, -0.1) is 11.3 Å². The molecule has 1 aliphatic carbocycles. The van der Waals surface area contributed by atoms with E-state index in [4.69, 9.17) is 15.7 Å². The molecule has 31 heavy (non-hydrogen) atoms. The van der Waals surface area contributed by atoms with E-state index in [-0.39, 0.29) is 18.1 Å². The molecule has 0 spiro atoms. The molecule has 4 N–H and O–H groups in total. The molecule has 2 aromatic heterocycles. The number of nitrogens with two attached hydrogens (primary N) is 1. The van der Waals surface area contributed by atoms with Gasteiger partial charge in [-0.3, -0.25) is 4.79 Å². The number of fused-ring (bicyclic) bond motifs is 3. The number of phenolic OH excluding ortho intramolecular Hbond substituents is 1. The minimum absolute atomic E-state index is 0.173. The molecule has 6 nitrogen and oxygen atoms in total. The van der Waals surface area contributed by atoms with E-state index >= 15 is 0 Å². The molecule has 1 aliphatic rings. The lowest BCUT2D eigenvalue weighted by molar-refractivity contribution is -0.115. The van der Waals surface area contributed by atoms with Crippen LogP contribution in [0.2, 0.25) is 0 Å². The van der Waals surface area contributed by atoms with Gasteiger partial charge in [-0.25, -0.2) is 9.97 Å². The number of aryl methyl sites for hydroxylation is 2. The number of hydrogen-bond acceptors (Lipinski definition) is 6. The lowest BCUT2D eigenvalue weighted by Gasteiger charge is -2.21. The highest BCUT2D eigenvalue weighted by Gasteiger charge is 2.23. The van der Waals surface area contributed by atoms with Crippen molar-refractivity contribution in [2.75, 3.05) is 11.1 Å². The second-order valence-electron chi connectivity index (χ2n) is 7.50. The fraction of sp³-hybridized carbons (Fsp3) is 0.125. The zero-order valence-corrected chi connectivity index (χ0v) is 17.4. The van der Waals surface area contributed by atoms with Gasteiger partial charge < -0.3 is 16.2 Å². The number of nitrogen functional groups attached to an aromatic ring is 1. The highest BCUT2D eigenvalue weighted by Crippen LogP contribution is 2.37. The van der Waals surface area contributed by atoms with Gasteiger partial charge in [0.15, 0.2) is 5.82 Å². The molecule has 4 aromatic rings. The van der Waals surface area contributed by atoms with Crippen LogP contribution in [0.25, 0.3) is 21.8 Å². The molecule has 0 saturated carbocycles. The SMILES string of the molecule is Nc1ccc2c(c1)CCc1nc(NC(=O)Cc3ccc(O)cc3)c(-c3cccs3)nc1-2. The number of thiophene rings is 1. The van der Waals surface area contributed by atoms with Crippen molar-refractivity contribution in [1.29, 1.82) is 0 Å². The van der Waals surface area contributed by atoms with E-state index in [1.165, 1.54) is 5.56 Å². The average molecular weight is 429 g/mol. The third-order valence-corrected chi connectivity index (χ3v) is 6.17. The van der Waals surface area contributed by atoms with Crippen LogP contribution < -0.4 is 11.1 Å². The highest BCUT2D eigenvalue weighted by molar-refractivity contribution is 7.13. The third-order valence-electron chi connectivity index (χ3n) is 5.30. The number of amides is 1. The Bertz CT molecular complexity index is 1270. The van der Waals surface area contributed by atoms with Crippen molar-refractivity contribution in [3.05, 3.63) is 76.8 Å². The predicted molar refractivity (Wildman–Crippen MR) is 123 cm³/mol. The number of nitrogens with zero attached hydrogens (tertiary/aromatic N) is 2. The number of nitrogens with one attached hydrogen (secondary N) is 1. The average Bonchev–Trinajstić information content (AvgIpc) is 3.29. The summed E-state index contributed by atoms with van der Waals surface area (Å²) in [6.45, 7) is 0. The van der Waals surface area contributed by atoms with Crippen LogP contribution in [0, 0.1) is 0 Å². The molecule has 154 valence electrons. The number of phenols is 1. The number of anilines is 2. The number of rotatable bonds is 4. The van der Waals surface area contributed by atoms with Gasteiger partial charge in [0.05, 0.1) is 22.7 Å². The van der Waals surface area contributed by atoms with Gasteiger partial charge in [-0.05, 0) is 59.7 Å². The minimum atomic E-state index is -0.179. The van der Waals surface area contributed by atoms with Gasteiger partial charge in [0.25, 0.3) is 0 Å². The Balaban J connectivity index is 1.52. The standard InChI is InChI=1S/C24H20N4O2S/c25-16-6-9-18-15(13-16)5-10-19-22(18)28-23(20-2-1-11-31-20)24(26-19)27-21(30)12-14-3-7-17(29)8-4-14/h1-4,6-9,11,13,29H,5,10,12,25H2,(H,26,27,30). The Morgan fingerprint density at radius 3 is 2.68 bits per heavy atom. The van der Waals surface area contributed by atoms with E-state index in [1.807, 2.05) is 35.7 Å². The summed E-state index contributed by atoms with van der Waals surface area (Å²) in [6.07, 6.45) is 1.76. The largest absolute Gasteiger partial charge is 0.508 e. The first-order valence-corrected chi connectivity index (χ1v) is 10.9. The maximum atomic E-state index is 12.7. The summed E-state index contributed by atoms with van der Waals surface area (Å²) in [5.74, 6) is 0.470. The first-order chi connectivity index (χ1) is 15.1. The Hall–Kier alpha value is -3.71. The van der Waals surface area contributed by atoms with Crippen LogP contribution in [-0.4, -0.2) is 21.0 Å². The zero-order valence-electron chi connectivity index (χ0n) is 16.6. The maximum Gasteiger partial charge on any atom is 0.230 e. The van der Waals surface area contributed by atoms with Crippen LogP contribution in [0.5, 0.6) is 5.75 Å². The minimum Gasteiger partial charge on any atom is -0.508 e. The number of carbonyl (C=O) groups excluding carboxylic acids is 1. The van der Waals surface area contributed by atoms with E-state index in [0.29, 0.717) is 11.5 Å². The number of hydrogen-bond donors (Lipinski definition) is 3. The van der Waals surface area contributed by atoms with E-state index in [9.17, 15) is 9.90 Å². The lowest BCUT2D eigenvalue weighted by Crippen LogP contribution is -2.18. The molecule has 0 atom stereocenters. The molecular weight excluding hydrogens is 408 g/mol. The Labute approximate surface area is 183 Å². The van der Waals surface area contributed by atoms with E-state index < -0.39 is 0 Å². The van der Waals surface area contributed by atoms with Crippen molar-refractivity contribution in [3.8, 4) is 27.6 Å². The van der Waals surface area contributed by atoms with E-state index in [2.05, 4.69) is 5.32 Å². The van der Waals surface area contributed by atoms with Crippen molar-refractivity contribution in [3.63, 3.8) is 0 Å². The predicted octanol–water partition coefficient (Wildman–Crippen LogP) is 4.44. The smallest absolute Gasteiger partial charge is 0.230 e. The van der Waals surface area contributed by atoms with E-state index in [0.717, 1.165) is 45.9 Å². The molecular formula is C24H20N4O2S. The van der Waals surface area contributed by atoms with Crippen molar-refractivity contribution >= 4 is 28.7 Å². The van der Waals surface area contributed by atoms with Gasteiger partial charge in [0.2, 0.25) is 5.91 Å². The molecule has 1 amide bonds. The molecule has 0 fully saturated rings. The second-order valence-corrected chi connectivity index (χ2v) is 8.45. The van der Waals surface area contributed by atoms with Gasteiger partial charge in [-0.2, -0.15) is 0 Å². The molecule has 0 aliphatic heterocycles. The number of carbonyl (C=O) groups is 1. The van der Waals surface area contributed by atoms with E-state index in [1.54, 1.807) is 35.6 Å². The lowest BCUT2D eigenvalue weighted by atomic mass is 9.91. The molecule has 5 rings (SSSR count). The molecule has 0 bridgehead atoms. The van der Waals surface area contributed by atoms with Crippen molar-refractivity contribution in [2.24, 2.45) is 0 Å². The first-order valence-electron chi connectivity index (χ1n) is 9.98. The zero-order chi connectivity index (χ0) is 21.4. The molecule has 7 heteroatoms. The Morgan fingerprint density at radius 2 is 1.90 bits per heavy atom. The van der Waals surface area contributed by atoms with Crippen LogP contribution in [-0.2, 0) is 24.1 Å². The van der Waals surface area contributed by atoms with Gasteiger partial charge in [0.1, 0.15) is 11.4 Å². The molecule has 0 radical (unpaired) electrons. The van der Waals surface area contributed by atoms with Crippen molar-refractivity contribution in [2.45, 2.75) is 19.3 Å². The summed E-state index contributed by atoms with van der Waals surface area (Å²) in [7, 11) is 0. The Morgan fingerprint density at radius 1 is 1.06 bits per heavy atom. The van der Waals surface area contributed by atoms with Crippen LogP contribution in [0.15, 0.2) is 60.0 Å². The van der Waals surface area contributed by atoms with Crippen molar-refractivity contribution in [1.82, 2.24) is 9.97 Å². The van der Waals surface area contributed by atoms with Gasteiger partial charge >= 0.3 is 0 Å². The highest BCUT2D eigenvalue weighted by atomic mass is 32.1. The van der Waals surface area contributed by atoms with Crippen LogP contribution >= 0.6 is 11.3 Å². The molecule has 0 unspecified atom stereocenters. The van der Waals surface area contributed by atoms with Crippen molar-refractivity contribution < 1.29 is 9.90 Å². The van der Waals surface area contributed by atoms with Crippen LogP contribution in [0.3, 0.4) is 0 Å². The normalized spacial score (nSPS) is 12.1. The number of aromatic nitrogens is 2.